The van der Waals surface area contributed by atoms with Crippen LogP contribution in [-0.4, -0.2) is 0 Å². The molecule has 0 radical (unpaired) electrons. The van der Waals surface area contributed by atoms with E-state index in [1.807, 2.05) is 12.1 Å². The van der Waals surface area contributed by atoms with Gasteiger partial charge in [-0.15, -0.1) is 0 Å². The van der Waals surface area contributed by atoms with Crippen LogP contribution in [0.4, 0.5) is 17.1 Å². The summed E-state index contributed by atoms with van der Waals surface area (Å²) < 4.78 is 6.56. The third kappa shape index (κ3) is 4.11. The number of anilines is 3. The van der Waals surface area contributed by atoms with Crippen LogP contribution < -0.4 is 4.90 Å². The highest BCUT2D eigenvalue weighted by molar-refractivity contribution is 6.10. The van der Waals surface area contributed by atoms with Crippen molar-refractivity contribution in [1.29, 1.82) is 0 Å². The number of rotatable bonds is 4. The van der Waals surface area contributed by atoms with Gasteiger partial charge < -0.3 is 9.32 Å². The number of benzene rings is 8. The predicted octanol–water partition coefficient (Wildman–Crippen LogP) is 13.7. The first-order chi connectivity index (χ1) is 26.6. The topological polar surface area (TPSA) is 16.4 Å². The molecule has 0 atom stereocenters. The number of hydrogen-bond donors (Lipinski definition) is 0. The second-order valence-electron chi connectivity index (χ2n) is 15.2. The van der Waals surface area contributed by atoms with Crippen molar-refractivity contribution >= 4 is 39.0 Å². The van der Waals surface area contributed by atoms with Crippen molar-refractivity contribution in [1.82, 2.24) is 0 Å². The van der Waals surface area contributed by atoms with Crippen LogP contribution in [0.3, 0.4) is 0 Å². The summed E-state index contributed by atoms with van der Waals surface area (Å²) >= 11 is 0. The van der Waals surface area contributed by atoms with E-state index in [1.165, 1.54) is 55.6 Å². The standard InChI is InChI=1S/C52H37NO/c1-51(2)42-23-9-11-25-44(42)52(45-26-12-10-24-43(45)51)41-22-8-6-19-40(41)49-37(20-14-27-46(49)52)34-30-32-36(33-31-34)53(35-16-4-3-5-17-35)47-28-15-21-39-38-18-7-13-29-48(38)54-50(39)47/h3-33H,1-2H3. The Kier molecular flexibility index (Phi) is 6.55. The average molecular weight is 692 g/mol. The van der Waals surface area contributed by atoms with Crippen molar-refractivity contribution in [2.75, 3.05) is 4.90 Å². The lowest BCUT2D eigenvalue weighted by Gasteiger charge is -2.46. The molecule has 0 saturated heterocycles. The zero-order valence-corrected chi connectivity index (χ0v) is 30.3. The molecular formula is C52H37NO. The van der Waals surface area contributed by atoms with Gasteiger partial charge in [-0.05, 0) is 92.0 Å². The van der Waals surface area contributed by atoms with E-state index < -0.39 is 5.41 Å². The fraction of sp³-hybridized carbons (Fsp3) is 0.0769. The van der Waals surface area contributed by atoms with Crippen LogP contribution in [0.5, 0.6) is 0 Å². The molecule has 2 heteroatoms. The Morgan fingerprint density at radius 1 is 0.407 bits per heavy atom. The lowest BCUT2D eigenvalue weighted by Crippen LogP contribution is -2.40. The van der Waals surface area contributed by atoms with Gasteiger partial charge in [-0.25, -0.2) is 0 Å². The van der Waals surface area contributed by atoms with Crippen molar-refractivity contribution in [2.45, 2.75) is 24.7 Å². The third-order valence-corrected chi connectivity index (χ3v) is 12.2. The van der Waals surface area contributed by atoms with Crippen LogP contribution in [0.25, 0.3) is 44.2 Å². The van der Waals surface area contributed by atoms with Crippen molar-refractivity contribution in [3.8, 4) is 22.3 Å². The molecule has 0 unspecified atom stereocenters. The maximum atomic E-state index is 6.56. The molecule has 2 aliphatic rings. The summed E-state index contributed by atoms with van der Waals surface area (Å²) in [5, 5.41) is 2.24. The quantitative estimate of drug-likeness (QED) is 0.183. The van der Waals surface area contributed by atoms with Crippen LogP contribution in [0.2, 0.25) is 0 Å². The Hall–Kier alpha value is -6.64. The molecule has 0 amide bonds. The molecule has 0 N–H and O–H groups in total. The Morgan fingerprint density at radius 3 is 1.69 bits per heavy atom. The number of para-hydroxylation sites is 3. The fourth-order valence-corrected chi connectivity index (χ4v) is 9.85. The summed E-state index contributed by atoms with van der Waals surface area (Å²) in [7, 11) is 0. The molecule has 8 aromatic carbocycles. The van der Waals surface area contributed by atoms with Gasteiger partial charge in [-0.3, -0.25) is 0 Å². The van der Waals surface area contributed by atoms with E-state index in [-0.39, 0.29) is 5.41 Å². The predicted molar refractivity (Wildman–Crippen MR) is 223 cm³/mol. The Balaban J connectivity index is 1.11. The lowest BCUT2D eigenvalue weighted by atomic mass is 9.55. The third-order valence-electron chi connectivity index (χ3n) is 12.2. The molecule has 256 valence electrons. The molecular weight excluding hydrogens is 655 g/mol. The maximum absolute atomic E-state index is 6.56. The van der Waals surface area contributed by atoms with E-state index in [2.05, 4.69) is 195 Å². The van der Waals surface area contributed by atoms with Crippen LogP contribution in [-0.2, 0) is 10.8 Å². The Morgan fingerprint density at radius 2 is 0.944 bits per heavy atom. The molecule has 0 saturated carbocycles. The van der Waals surface area contributed by atoms with Gasteiger partial charge in [0.1, 0.15) is 5.58 Å². The molecule has 1 heterocycles. The molecule has 9 aromatic rings. The smallest absolute Gasteiger partial charge is 0.159 e. The highest BCUT2D eigenvalue weighted by atomic mass is 16.3. The molecule has 0 bridgehead atoms. The normalized spacial score (nSPS) is 14.4. The van der Waals surface area contributed by atoms with Gasteiger partial charge in [0.25, 0.3) is 0 Å². The summed E-state index contributed by atoms with van der Waals surface area (Å²) in [5.74, 6) is 0. The van der Waals surface area contributed by atoms with E-state index in [1.54, 1.807) is 0 Å². The molecule has 0 fully saturated rings. The number of furan rings is 1. The highest BCUT2D eigenvalue weighted by Crippen LogP contribution is 2.63. The number of fused-ring (bicyclic) bond motifs is 12. The largest absolute Gasteiger partial charge is 0.454 e. The maximum Gasteiger partial charge on any atom is 0.159 e. The minimum atomic E-state index is -0.417. The lowest BCUT2D eigenvalue weighted by molar-refractivity contribution is 0.563. The zero-order chi connectivity index (χ0) is 36.0. The summed E-state index contributed by atoms with van der Waals surface area (Å²) in [5.41, 5.74) is 17.7. The molecule has 1 spiro atoms. The zero-order valence-electron chi connectivity index (χ0n) is 30.3. The SMILES string of the molecule is CC1(C)c2ccccc2C2(c3ccccc3-c3c(-c4ccc(N(c5ccccc5)c5cccc6c5oc5ccccc56)cc4)cccc32)c2ccccc21. The minimum absolute atomic E-state index is 0.124. The summed E-state index contributed by atoms with van der Waals surface area (Å²) in [4.78, 5) is 2.31. The fourth-order valence-electron chi connectivity index (χ4n) is 9.85. The van der Waals surface area contributed by atoms with Crippen molar-refractivity contribution < 1.29 is 4.42 Å². The van der Waals surface area contributed by atoms with Gasteiger partial charge in [-0.1, -0.05) is 166 Å². The van der Waals surface area contributed by atoms with Crippen LogP contribution in [0, 0.1) is 0 Å². The van der Waals surface area contributed by atoms with Gasteiger partial charge in [0, 0.05) is 27.6 Å². The number of nitrogens with zero attached hydrogens (tertiary/aromatic N) is 1. The van der Waals surface area contributed by atoms with Crippen molar-refractivity contribution in [3.63, 3.8) is 0 Å². The molecule has 1 aromatic heterocycles. The minimum Gasteiger partial charge on any atom is -0.454 e. The second kappa shape index (κ2) is 11.4. The van der Waals surface area contributed by atoms with Gasteiger partial charge in [0.15, 0.2) is 5.58 Å². The molecule has 54 heavy (non-hydrogen) atoms. The van der Waals surface area contributed by atoms with Crippen LogP contribution >= 0.6 is 0 Å². The van der Waals surface area contributed by atoms with Gasteiger partial charge in [0.2, 0.25) is 0 Å². The Labute approximate surface area is 315 Å². The second-order valence-corrected chi connectivity index (χ2v) is 15.2. The van der Waals surface area contributed by atoms with Crippen molar-refractivity contribution in [3.05, 3.63) is 221 Å². The Bertz CT molecular complexity index is 2860. The summed E-state index contributed by atoms with van der Waals surface area (Å²) in [6, 6.07) is 68.8. The average Bonchev–Trinajstić information content (AvgIpc) is 3.76. The molecule has 2 nitrogen and oxygen atoms in total. The summed E-state index contributed by atoms with van der Waals surface area (Å²) in [6.45, 7) is 4.76. The van der Waals surface area contributed by atoms with Gasteiger partial charge >= 0.3 is 0 Å². The van der Waals surface area contributed by atoms with Crippen LogP contribution in [0.15, 0.2) is 192 Å². The molecule has 0 aliphatic heterocycles. The first kappa shape index (κ1) is 30.9. The van der Waals surface area contributed by atoms with Gasteiger partial charge in [-0.2, -0.15) is 0 Å². The monoisotopic (exact) mass is 691 g/mol. The molecule has 11 rings (SSSR count). The van der Waals surface area contributed by atoms with Crippen molar-refractivity contribution in [2.24, 2.45) is 0 Å². The summed E-state index contributed by atoms with van der Waals surface area (Å²) in [6.07, 6.45) is 0. The van der Waals surface area contributed by atoms with E-state index in [0.717, 1.165) is 39.0 Å². The first-order valence-electron chi connectivity index (χ1n) is 18.9. The van der Waals surface area contributed by atoms with E-state index >= 15 is 0 Å². The van der Waals surface area contributed by atoms with E-state index in [4.69, 9.17) is 4.42 Å². The first-order valence-corrected chi connectivity index (χ1v) is 18.9. The van der Waals surface area contributed by atoms with Gasteiger partial charge in [0.05, 0.1) is 11.1 Å². The number of hydrogen-bond acceptors (Lipinski definition) is 2. The van der Waals surface area contributed by atoms with Crippen LogP contribution in [0.1, 0.15) is 47.2 Å². The highest BCUT2D eigenvalue weighted by Gasteiger charge is 2.53. The van der Waals surface area contributed by atoms with E-state index in [0.29, 0.717) is 0 Å². The molecule has 2 aliphatic carbocycles. The van der Waals surface area contributed by atoms with E-state index in [9.17, 15) is 0 Å².